The van der Waals surface area contributed by atoms with Gasteiger partial charge in [-0.3, -0.25) is 0 Å². The molecule has 0 radical (unpaired) electrons. The highest BCUT2D eigenvalue weighted by Crippen LogP contribution is 2.10. The molecule has 0 spiro atoms. The molecule has 3 nitrogen and oxygen atoms in total. The molecule has 0 aliphatic rings. The summed E-state index contributed by atoms with van der Waals surface area (Å²) in [6.07, 6.45) is 0. The molecule has 54 valence electrons. The summed E-state index contributed by atoms with van der Waals surface area (Å²) in [5.74, 6) is -0.431. The molecule has 1 aromatic rings. The first-order valence-electron chi connectivity index (χ1n) is 2.62. The van der Waals surface area contributed by atoms with Gasteiger partial charge in [-0.2, -0.15) is 0 Å². The monoisotopic (exact) mass is 204 g/mol. The fourth-order valence-corrected chi connectivity index (χ4v) is 0.866. The minimum absolute atomic E-state index is 0.0190. The first-order valence-corrected chi connectivity index (χ1v) is 3.74. The van der Waals surface area contributed by atoms with Crippen molar-refractivity contribution in [2.24, 2.45) is 0 Å². The molecule has 1 aromatic heterocycles. The van der Waals surface area contributed by atoms with Crippen LogP contribution >= 0.6 is 15.9 Å². The van der Waals surface area contributed by atoms with Gasteiger partial charge < -0.3 is 9.52 Å². The zero-order valence-electron chi connectivity index (χ0n) is 5.00. The van der Waals surface area contributed by atoms with Crippen LogP contribution in [-0.2, 0) is 5.33 Å². The lowest BCUT2D eigenvalue weighted by atomic mass is 10.4. The molecule has 0 atom stereocenters. The number of alkyl halides is 1. The van der Waals surface area contributed by atoms with Crippen LogP contribution in [0.3, 0.4) is 0 Å². The van der Waals surface area contributed by atoms with E-state index in [0.717, 1.165) is 0 Å². The van der Waals surface area contributed by atoms with Crippen molar-refractivity contribution in [2.45, 2.75) is 5.33 Å². The Kier molecular flexibility index (Phi) is 2.11. The van der Waals surface area contributed by atoms with E-state index in [1.54, 1.807) is 6.07 Å². The predicted molar refractivity (Wildman–Crippen MR) is 38.3 cm³/mol. The summed E-state index contributed by atoms with van der Waals surface area (Å²) in [6, 6.07) is 3.05. The lowest BCUT2D eigenvalue weighted by molar-refractivity contribution is 0.0661. The van der Waals surface area contributed by atoms with Crippen molar-refractivity contribution < 1.29 is 14.3 Å². The van der Waals surface area contributed by atoms with E-state index in [2.05, 4.69) is 15.9 Å². The van der Waals surface area contributed by atoms with Gasteiger partial charge in [0.1, 0.15) is 5.76 Å². The third-order valence-corrected chi connectivity index (χ3v) is 1.56. The van der Waals surface area contributed by atoms with Crippen molar-refractivity contribution >= 4 is 21.9 Å². The van der Waals surface area contributed by atoms with Gasteiger partial charge in [-0.25, -0.2) is 4.79 Å². The van der Waals surface area contributed by atoms with Crippen LogP contribution in [-0.4, -0.2) is 11.1 Å². The van der Waals surface area contributed by atoms with E-state index in [-0.39, 0.29) is 5.76 Å². The Morgan fingerprint density at radius 1 is 1.70 bits per heavy atom. The lowest BCUT2D eigenvalue weighted by Crippen LogP contribution is -1.91. The minimum Gasteiger partial charge on any atom is -0.475 e. The van der Waals surface area contributed by atoms with E-state index in [0.29, 0.717) is 11.1 Å². The van der Waals surface area contributed by atoms with Crippen molar-refractivity contribution in [3.63, 3.8) is 0 Å². The first kappa shape index (κ1) is 7.34. The van der Waals surface area contributed by atoms with E-state index < -0.39 is 5.97 Å². The highest BCUT2D eigenvalue weighted by atomic mass is 79.9. The molecule has 0 aliphatic heterocycles. The van der Waals surface area contributed by atoms with Gasteiger partial charge in [0.25, 0.3) is 0 Å². The largest absolute Gasteiger partial charge is 0.475 e. The summed E-state index contributed by atoms with van der Waals surface area (Å²) >= 11 is 3.13. The fourth-order valence-electron chi connectivity index (χ4n) is 0.565. The standard InChI is InChI=1S/C6H5BrO3/c7-3-4-1-2-5(10-4)6(8)9/h1-2H,3H2,(H,8,9). The van der Waals surface area contributed by atoms with Crippen molar-refractivity contribution in [1.29, 1.82) is 0 Å². The van der Waals surface area contributed by atoms with Crippen molar-refractivity contribution in [2.75, 3.05) is 0 Å². The Morgan fingerprint density at radius 3 is 2.70 bits per heavy atom. The Bertz CT molecular complexity index is 241. The average Bonchev–Trinajstić information content (AvgIpc) is 2.34. The number of rotatable bonds is 2. The van der Waals surface area contributed by atoms with Crippen molar-refractivity contribution in [1.82, 2.24) is 0 Å². The van der Waals surface area contributed by atoms with Crippen LogP contribution in [0, 0.1) is 0 Å². The molecule has 0 bridgehead atoms. The number of carboxylic acid groups (broad SMARTS) is 1. The van der Waals surface area contributed by atoms with Gasteiger partial charge in [0.15, 0.2) is 0 Å². The maximum atomic E-state index is 10.2. The van der Waals surface area contributed by atoms with Crippen LogP contribution in [0.1, 0.15) is 16.3 Å². The molecule has 0 aromatic carbocycles. The number of furan rings is 1. The molecular weight excluding hydrogens is 200 g/mol. The molecule has 0 amide bonds. The summed E-state index contributed by atoms with van der Waals surface area (Å²) < 4.78 is 4.85. The molecule has 0 saturated carbocycles. The molecule has 0 aliphatic carbocycles. The number of aromatic carboxylic acids is 1. The van der Waals surface area contributed by atoms with Gasteiger partial charge in [-0.15, -0.1) is 0 Å². The number of carbonyl (C=O) groups is 1. The Morgan fingerprint density at radius 2 is 2.40 bits per heavy atom. The van der Waals surface area contributed by atoms with Crippen LogP contribution in [0.5, 0.6) is 0 Å². The Labute approximate surface area is 65.8 Å². The third-order valence-electron chi connectivity index (χ3n) is 1.00. The van der Waals surface area contributed by atoms with E-state index >= 15 is 0 Å². The van der Waals surface area contributed by atoms with Gasteiger partial charge in [-0.05, 0) is 12.1 Å². The Hall–Kier alpha value is -0.770. The fraction of sp³-hybridized carbons (Fsp3) is 0.167. The number of hydrogen-bond donors (Lipinski definition) is 1. The second-order valence-corrected chi connectivity index (χ2v) is 2.27. The number of halogens is 1. The smallest absolute Gasteiger partial charge is 0.371 e. The van der Waals surface area contributed by atoms with Crippen LogP contribution in [0.15, 0.2) is 16.5 Å². The summed E-state index contributed by atoms with van der Waals surface area (Å²) in [4.78, 5) is 10.2. The maximum absolute atomic E-state index is 10.2. The molecule has 0 saturated heterocycles. The summed E-state index contributed by atoms with van der Waals surface area (Å²) in [6.45, 7) is 0. The van der Waals surface area contributed by atoms with Gasteiger partial charge in [0, 0.05) is 0 Å². The summed E-state index contributed by atoms with van der Waals surface area (Å²) in [5, 5.41) is 8.93. The highest BCUT2D eigenvalue weighted by molar-refractivity contribution is 9.08. The van der Waals surface area contributed by atoms with Gasteiger partial charge >= 0.3 is 5.97 Å². The average molecular weight is 205 g/mol. The molecule has 1 rings (SSSR count). The van der Waals surface area contributed by atoms with Crippen LogP contribution in [0.4, 0.5) is 0 Å². The van der Waals surface area contributed by atoms with Gasteiger partial charge in [0.2, 0.25) is 5.76 Å². The van der Waals surface area contributed by atoms with E-state index in [4.69, 9.17) is 9.52 Å². The molecule has 4 heteroatoms. The quantitative estimate of drug-likeness (QED) is 0.749. The molecule has 0 fully saturated rings. The highest BCUT2D eigenvalue weighted by Gasteiger charge is 2.06. The second-order valence-electron chi connectivity index (χ2n) is 1.70. The van der Waals surface area contributed by atoms with Crippen LogP contribution in [0.25, 0.3) is 0 Å². The normalized spacial score (nSPS) is 9.70. The number of carboxylic acids is 1. The molecule has 1 heterocycles. The SMILES string of the molecule is O=C(O)c1ccc(CBr)o1. The summed E-state index contributed by atoms with van der Waals surface area (Å²) in [5.41, 5.74) is 0. The van der Waals surface area contributed by atoms with Crippen LogP contribution < -0.4 is 0 Å². The van der Waals surface area contributed by atoms with Gasteiger partial charge in [-0.1, -0.05) is 15.9 Å². The molecule has 10 heavy (non-hydrogen) atoms. The first-order chi connectivity index (χ1) is 4.74. The number of hydrogen-bond acceptors (Lipinski definition) is 2. The van der Waals surface area contributed by atoms with E-state index in [1.165, 1.54) is 6.07 Å². The minimum atomic E-state index is -1.03. The lowest BCUT2D eigenvalue weighted by Gasteiger charge is -1.84. The molecular formula is C6H5BrO3. The van der Waals surface area contributed by atoms with Gasteiger partial charge in [0.05, 0.1) is 5.33 Å². The second kappa shape index (κ2) is 2.88. The third kappa shape index (κ3) is 1.39. The zero-order chi connectivity index (χ0) is 7.56. The zero-order valence-corrected chi connectivity index (χ0v) is 6.59. The van der Waals surface area contributed by atoms with E-state index in [9.17, 15) is 4.79 Å². The topological polar surface area (TPSA) is 50.4 Å². The van der Waals surface area contributed by atoms with Crippen LogP contribution in [0.2, 0.25) is 0 Å². The molecule has 1 N–H and O–H groups in total. The van der Waals surface area contributed by atoms with Crippen molar-refractivity contribution in [3.05, 3.63) is 23.7 Å². The predicted octanol–water partition coefficient (Wildman–Crippen LogP) is 1.87. The Balaban J connectivity index is 2.88. The maximum Gasteiger partial charge on any atom is 0.371 e. The summed E-state index contributed by atoms with van der Waals surface area (Å²) in [7, 11) is 0. The van der Waals surface area contributed by atoms with Crippen molar-refractivity contribution in [3.8, 4) is 0 Å². The molecule has 0 unspecified atom stereocenters. The van der Waals surface area contributed by atoms with E-state index in [1.807, 2.05) is 0 Å².